The molecule has 132 valence electrons. The van der Waals surface area contributed by atoms with Crippen molar-refractivity contribution in [2.45, 2.75) is 11.8 Å². The molecule has 5 nitrogen and oxygen atoms in total. The molecule has 0 unspecified atom stereocenters. The highest BCUT2D eigenvalue weighted by molar-refractivity contribution is 7.89. The minimum atomic E-state index is -3.77. The van der Waals surface area contributed by atoms with E-state index in [9.17, 15) is 8.42 Å². The molecule has 0 saturated heterocycles. The number of hydrogen-bond donors (Lipinski definition) is 2. The summed E-state index contributed by atoms with van der Waals surface area (Å²) in [6.45, 7) is 1.90. The van der Waals surface area contributed by atoms with Crippen molar-refractivity contribution in [3.8, 4) is 0 Å². The molecule has 3 N–H and O–H groups in total. The van der Waals surface area contributed by atoms with Crippen LogP contribution in [0.1, 0.15) is 16.7 Å². The molecule has 0 aliphatic rings. The van der Waals surface area contributed by atoms with E-state index in [2.05, 4.69) is 9.93 Å². The monoisotopic (exact) mass is 365 g/mol. The van der Waals surface area contributed by atoms with Crippen molar-refractivity contribution < 1.29 is 8.42 Å². The average Bonchev–Trinajstić information content (AvgIpc) is 2.63. The molecule has 0 bridgehead atoms. The predicted molar refractivity (Wildman–Crippen MR) is 104 cm³/mol. The fraction of sp³-hybridized carbons (Fsp3) is 0.0500. The van der Waals surface area contributed by atoms with Gasteiger partial charge in [-0.3, -0.25) is 0 Å². The lowest BCUT2D eigenvalue weighted by molar-refractivity contribution is 0.584. The first kappa shape index (κ1) is 17.7. The van der Waals surface area contributed by atoms with Crippen LogP contribution in [0.4, 0.5) is 5.69 Å². The van der Waals surface area contributed by atoms with E-state index < -0.39 is 10.0 Å². The van der Waals surface area contributed by atoms with Crippen LogP contribution in [0.3, 0.4) is 0 Å². The number of sulfonamides is 1. The van der Waals surface area contributed by atoms with E-state index in [1.165, 1.54) is 0 Å². The molecule has 0 fully saturated rings. The van der Waals surface area contributed by atoms with Crippen LogP contribution in [0.25, 0.3) is 0 Å². The predicted octanol–water partition coefficient (Wildman–Crippen LogP) is 3.31. The first-order chi connectivity index (χ1) is 12.5. The second-order valence-electron chi connectivity index (χ2n) is 5.86. The van der Waals surface area contributed by atoms with E-state index >= 15 is 0 Å². The van der Waals surface area contributed by atoms with Gasteiger partial charge in [0.05, 0.1) is 10.6 Å². The molecule has 0 saturated carbocycles. The number of rotatable bonds is 5. The van der Waals surface area contributed by atoms with Crippen molar-refractivity contribution in [3.63, 3.8) is 0 Å². The Labute approximate surface area is 153 Å². The zero-order valence-electron chi connectivity index (χ0n) is 14.3. The normalized spacial score (nSPS) is 12.0. The van der Waals surface area contributed by atoms with E-state index in [1.54, 1.807) is 42.5 Å². The standard InChI is InChI=1S/C20H19N3O2S/c1-15-10-12-19(13-11-15)26(24,25)23-22-20(16-6-3-2-4-7-16)17-8-5-9-18(21)14-17/h2-14,23H,21H2,1H3/b22-20-. The summed E-state index contributed by atoms with van der Waals surface area (Å²) in [5.41, 5.74) is 9.43. The van der Waals surface area contributed by atoms with Crippen LogP contribution in [0, 0.1) is 6.92 Å². The van der Waals surface area contributed by atoms with E-state index in [0.717, 1.165) is 16.7 Å². The summed E-state index contributed by atoms with van der Waals surface area (Å²) < 4.78 is 25.1. The molecule has 0 aromatic heterocycles. The summed E-state index contributed by atoms with van der Waals surface area (Å²) in [5, 5.41) is 4.20. The Kier molecular flexibility index (Phi) is 5.04. The Hall–Kier alpha value is -3.12. The molecule has 0 atom stereocenters. The number of benzene rings is 3. The lowest BCUT2D eigenvalue weighted by Crippen LogP contribution is -2.21. The zero-order valence-corrected chi connectivity index (χ0v) is 15.1. The van der Waals surface area contributed by atoms with Gasteiger partial charge in [-0.1, -0.05) is 60.2 Å². The van der Waals surface area contributed by atoms with Crippen molar-refractivity contribution in [1.29, 1.82) is 0 Å². The lowest BCUT2D eigenvalue weighted by Gasteiger charge is -2.10. The third-order valence-corrected chi connectivity index (χ3v) is 5.04. The fourth-order valence-corrected chi connectivity index (χ4v) is 3.26. The van der Waals surface area contributed by atoms with Gasteiger partial charge in [0.15, 0.2) is 0 Å². The Bertz CT molecular complexity index is 1030. The summed E-state index contributed by atoms with van der Waals surface area (Å²) in [6.07, 6.45) is 0. The van der Waals surface area contributed by atoms with E-state index in [0.29, 0.717) is 11.4 Å². The van der Waals surface area contributed by atoms with Crippen LogP contribution in [0.15, 0.2) is 88.9 Å². The molecule has 0 amide bonds. The summed E-state index contributed by atoms with van der Waals surface area (Å²) in [7, 11) is -3.77. The van der Waals surface area contributed by atoms with Gasteiger partial charge in [-0.05, 0) is 31.2 Å². The number of hydrogen-bond acceptors (Lipinski definition) is 4. The van der Waals surface area contributed by atoms with Gasteiger partial charge in [-0.15, -0.1) is 0 Å². The van der Waals surface area contributed by atoms with Crippen LogP contribution in [-0.2, 0) is 10.0 Å². The average molecular weight is 365 g/mol. The van der Waals surface area contributed by atoms with Crippen molar-refractivity contribution in [2.24, 2.45) is 5.10 Å². The first-order valence-corrected chi connectivity index (χ1v) is 9.51. The third kappa shape index (κ3) is 4.10. The highest BCUT2D eigenvalue weighted by Gasteiger charge is 2.14. The number of hydrazone groups is 1. The van der Waals surface area contributed by atoms with E-state index in [-0.39, 0.29) is 4.90 Å². The molecule has 0 spiro atoms. The highest BCUT2D eigenvalue weighted by Crippen LogP contribution is 2.15. The van der Waals surface area contributed by atoms with Gasteiger partial charge in [0, 0.05) is 16.8 Å². The molecule has 3 aromatic rings. The van der Waals surface area contributed by atoms with Gasteiger partial charge in [-0.25, -0.2) is 0 Å². The van der Waals surface area contributed by atoms with Crippen LogP contribution >= 0.6 is 0 Å². The summed E-state index contributed by atoms with van der Waals surface area (Å²) in [5.74, 6) is 0. The van der Waals surface area contributed by atoms with Gasteiger partial charge in [-0.2, -0.15) is 18.4 Å². The zero-order chi connectivity index (χ0) is 18.6. The molecule has 6 heteroatoms. The minimum Gasteiger partial charge on any atom is -0.399 e. The topological polar surface area (TPSA) is 84.5 Å². The largest absolute Gasteiger partial charge is 0.399 e. The molecular formula is C20H19N3O2S. The van der Waals surface area contributed by atoms with Crippen LogP contribution < -0.4 is 10.6 Å². The van der Waals surface area contributed by atoms with Crippen LogP contribution in [-0.4, -0.2) is 14.1 Å². The first-order valence-electron chi connectivity index (χ1n) is 8.03. The smallest absolute Gasteiger partial charge is 0.276 e. The second-order valence-corrected chi connectivity index (χ2v) is 7.52. The number of nitrogens with zero attached hydrogens (tertiary/aromatic N) is 1. The van der Waals surface area contributed by atoms with E-state index in [1.807, 2.05) is 43.3 Å². The Balaban J connectivity index is 2.00. The number of nitrogens with two attached hydrogens (primary N) is 1. The summed E-state index contributed by atoms with van der Waals surface area (Å²) in [6, 6.07) is 23.1. The summed E-state index contributed by atoms with van der Waals surface area (Å²) >= 11 is 0. The number of aryl methyl sites for hydroxylation is 1. The number of nitrogen functional groups attached to an aromatic ring is 1. The van der Waals surface area contributed by atoms with Crippen molar-refractivity contribution in [1.82, 2.24) is 4.83 Å². The number of nitrogens with one attached hydrogen (secondary N) is 1. The molecular weight excluding hydrogens is 346 g/mol. The van der Waals surface area contributed by atoms with Crippen molar-refractivity contribution in [2.75, 3.05) is 5.73 Å². The maximum Gasteiger partial charge on any atom is 0.276 e. The second kappa shape index (κ2) is 7.41. The molecule has 0 heterocycles. The minimum absolute atomic E-state index is 0.159. The SMILES string of the molecule is Cc1ccc(S(=O)(=O)N/N=C(/c2ccccc2)c2cccc(N)c2)cc1. The Morgan fingerprint density at radius 3 is 2.19 bits per heavy atom. The van der Waals surface area contributed by atoms with Gasteiger partial charge in [0.1, 0.15) is 0 Å². The van der Waals surface area contributed by atoms with Gasteiger partial charge >= 0.3 is 0 Å². The van der Waals surface area contributed by atoms with Gasteiger partial charge in [0.2, 0.25) is 0 Å². The maximum absolute atomic E-state index is 12.5. The Morgan fingerprint density at radius 1 is 0.885 bits per heavy atom. The molecule has 26 heavy (non-hydrogen) atoms. The maximum atomic E-state index is 12.5. The molecule has 0 aliphatic carbocycles. The molecule has 0 aliphatic heterocycles. The molecule has 0 radical (unpaired) electrons. The molecule has 3 rings (SSSR count). The lowest BCUT2D eigenvalue weighted by atomic mass is 10.0. The van der Waals surface area contributed by atoms with Gasteiger partial charge in [0.25, 0.3) is 10.0 Å². The van der Waals surface area contributed by atoms with Crippen LogP contribution in [0.2, 0.25) is 0 Å². The molecule has 3 aromatic carbocycles. The number of anilines is 1. The van der Waals surface area contributed by atoms with E-state index in [4.69, 9.17) is 5.73 Å². The highest BCUT2D eigenvalue weighted by atomic mass is 32.2. The van der Waals surface area contributed by atoms with Crippen molar-refractivity contribution >= 4 is 21.4 Å². The van der Waals surface area contributed by atoms with Crippen LogP contribution in [0.5, 0.6) is 0 Å². The van der Waals surface area contributed by atoms with Crippen molar-refractivity contribution in [3.05, 3.63) is 95.6 Å². The van der Waals surface area contributed by atoms with Gasteiger partial charge < -0.3 is 5.73 Å². The Morgan fingerprint density at radius 2 is 1.54 bits per heavy atom. The quantitative estimate of drug-likeness (QED) is 0.413. The summed E-state index contributed by atoms with van der Waals surface area (Å²) in [4.78, 5) is 2.49. The fourth-order valence-electron chi connectivity index (χ4n) is 2.45. The third-order valence-electron chi connectivity index (χ3n) is 3.82.